The summed E-state index contributed by atoms with van der Waals surface area (Å²) < 4.78 is 30.2. The van der Waals surface area contributed by atoms with Crippen LogP contribution in [0.4, 0.5) is 11.4 Å². The molecule has 0 saturated carbocycles. The van der Waals surface area contributed by atoms with Gasteiger partial charge in [0.15, 0.2) is 0 Å². The Morgan fingerprint density at radius 1 is 1.11 bits per heavy atom. The normalized spacial score (nSPS) is 12.2. The summed E-state index contributed by atoms with van der Waals surface area (Å²) in [6.45, 7) is 1.43. The third kappa shape index (κ3) is 5.15. The highest BCUT2D eigenvalue weighted by molar-refractivity contribution is 7.92. The number of sulfonamides is 1. The third-order valence-electron chi connectivity index (χ3n) is 3.81. The van der Waals surface area contributed by atoms with E-state index in [4.69, 9.17) is 23.2 Å². The van der Waals surface area contributed by atoms with E-state index in [1.54, 1.807) is 0 Å². The first-order valence-electron chi connectivity index (χ1n) is 7.98. The number of benzene rings is 2. The van der Waals surface area contributed by atoms with E-state index in [1.165, 1.54) is 56.5 Å². The van der Waals surface area contributed by atoms with Gasteiger partial charge >= 0.3 is 5.97 Å². The maximum atomic E-state index is 12.7. The first kappa shape index (κ1) is 22.0. The highest BCUT2D eigenvalue weighted by atomic mass is 35.5. The SMILES string of the molecule is COC(=O)c1ccc(Cl)c(NC(=O)C(C)N(c2ccc(Cl)cc2)S(C)(=O)=O)c1. The summed E-state index contributed by atoms with van der Waals surface area (Å²) in [6, 6.07) is 9.18. The van der Waals surface area contributed by atoms with E-state index in [1.807, 2.05) is 0 Å². The molecule has 2 aromatic carbocycles. The number of hydrogen-bond acceptors (Lipinski definition) is 5. The Labute approximate surface area is 173 Å². The number of nitrogens with zero attached hydrogens (tertiary/aromatic N) is 1. The largest absolute Gasteiger partial charge is 0.465 e. The summed E-state index contributed by atoms with van der Waals surface area (Å²) in [5.41, 5.74) is 0.627. The fourth-order valence-electron chi connectivity index (χ4n) is 2.50. The summed E-state index contributed by atoms with van der Waals surface area (Å²) >= 11 is 11.9. The van der Waals surface area contributed by atoms with Crippen molar-refractivity contribution in [2.45, 2.75) is 13.0 Å². The summed E-state index contributed by atoms with van der Waals surface area (Å²) in [6.07, 6.45) is 0.996. The second-order valence-corrected chi connectivity index (χ2v) is 8.59. The Morgan fingerprint density at radius 2 is 1.71 bits per heavy atom. The Kier molecular flexibility index (Phi) is 6.92. The molecule has 0 fully saturated rings. The van der Waals surface area contributed by atoms with Gasteiger partial charge in [0.05, 0.1) is 35.3 Å². The van der Waals surface area contributed by atoms with Gasteiger partial charge in [0.25, 0.3) is 0 Å². The molecule has 1 atom stereocenters. The van der Waals surface area contributed by atoms with Gasteiger partial charge in [0.2, 0.25) is 15.9 Å². The molecule has 1 unspecified atom stereocenters. The predicted octanol–water partition coefficient (Wildman–Crippen LogP) is 3.57. The molecule has 0 aliphatic rings. The van der Waals surface area contributed by atoms with Crippen LogP contribution in [0.3, 0.4) is 0 Å². The van der Waals surface area contributed by atoms with Crippen LogP contribution in [0, 0.1) is 0 Å². The van der Waals surface area contributed by atoms with Crippen LogP contribution in [0.1, 0.15) is 17.3 Å². The van der Waals surface area contributed by atoms with Crippen molar-refractivity contribution >= 4 is 56.5 Å². The topological polar surface area (TPSA) is 92.8 Å². The maximum absolute atomic E-state index is 12.7. The molecule has 150 valence electrons. The van der Waals surface area contributed by atoms with Crippen LogP contribution in [-0.4, -0.2) is 39.7 Å². The number of methoxy groups -OCH3 is 1. The smallest absolute Gasteiger partial charge is 0.337 e. The summed E-state index contributed by atoms with van der Waals surface area (Å²) in [4.78, 5) is 24.4. The van der Waals surface area contributed by atoms with Crippen LogP contribution in [0.5, 0.6) is 0 Å². The van der Waals surface area contributed by atoms with Crippen molar-refractivity contribution in [1.82, 2.24) is 0 Å². The molecule has 0 aliphatic carbocycles. The molecule has 0 spiro atoms. The molecule has 28 heavy (non-hydrogen) atoms. The quantitative estimate of drug-likeness (QED) is 0.687. The predicted molar refractivity (Wildman–Crippen MR) is 110 cm³/mol. The minimum atomic E-state index is -3.78. The summed E-state index contributed by atoms with van der Waals surface area (Å²) in [7, 11) is -2.55. The van der Waals surface area contributed by atoms with E-state index in [-0.39, 0.29) is 22.0 Å². The van der Waals surface area contributed by atoms with Gasteiger partial charge in [-0.05, 0) is 49.4 Å². The van der Waals surface area contributed by atoms with Gasteiger partial charge in [-0.3, -0.25) is 9.10 Å². The molecule has 0 bridgehead atoms. The number of carbonyl (C=O) groups is 2. The standard InChI is InChI=1S/C18H18Cl2N2O5S/c1-11(22(28(3,25)26)14-7-5-13(19)6-8-14)17(23)21-16-10-12(18(24)27-2)4-9-15(16)20/h4-11H,1-3H3,(H,21,23). The first-order valence-corrected chi connectivity index (χ1v) is 10.6. The van der Waals surface area contributed by atoms with Crippen LogP contribution in [0.2, 0.25) is 10.0 Å². The van der Waals surface area contributed by atoms with Crippen LogP contribution in [0.15, 0.2) is 42.5 Å². The van der Waals surface area contributed by atoms with E-state index < -0.39 is 27.9 Å². The van der Waals surface area contributed by atoms with Crippen molar-refractivity contribution in [3.63, 3.8) is 0 Å². The number of amides is 1. The number of hydrogen-bond donors (Lipinski definition) is 1. The van der Waals surface area contributed by atoms with Gasteiger partial charge in [0.1, 0.15) is 6.04 Å². The van der Waals surface area contributed by atoms with E-state index in [0.717, 1.165) is 10.6 Å². The minimum absolute atomic E-state index is 0.158. The lowest BCUT2D eigenvalue weighted by atomic mass is 10.2. The van der Waals surface area contributed by atoms with Gasteiger partial charge in [-0.1, -0.05) is 23.2 Å². The fourth-order valence-corrected chi connectivity index (χ4v) is 3.97. The molecule has 0 aromatic heterocycles. The summed E-state index contributed by atoms with van der Waals surface area (Å²) in [5.74, 6) is -1.23. The zero-order valence-corrected chi connectivity index (χ0v) is 17.6. The Morgan fingerprint density at radius 3 is 2.25 bits per heavy atom. The van der Waals surface area contributed by atoms with E-state index >= 15 is 0 Å². The molecular weight excluding hydrogens is 427 g/mol. The lowest BCUT2D eigenvalue weighted by Gasteiger charge is -2.28. The monoisotopic (exact) mass is 444 g/mol. The zero-order chi connectivity index (χ0) is 21.1. The molecule has 0 heterocycles. The van der Waals surface area contributed by atoms with Gasteiger partial charge < -0.3 is 10.1 Å². The van der Waals surface area contributed by atoms with E-state index in [9.17, 15) is 18.0 Å². The molecule has 2 aromatic rings. The lowest BCUT2D eigenvalue weighted by Crippen LogP contribution is -2.45. The number of rotatable bonds is 6. The van der Waals surface area contributed by atoms with Crippen LogP contribution in [-0.2, 0) is 19.6 Å². The average molecular weight is 445 g/mol. The number of esters is 1. The third-order valence-corrected chi connectivity index (χ3v) is 5.64. The molecule has 10 heteroatoms. The van der Waals surface area contributed by atoms with Crippen molar-refractivity contribution in [2.24, 2.45) is 0 Å². The highest BCUT2D eigenvalue weighted by Crippen LogP contribution is 2.26. The fraction of sp³-hybridized carbons (Fsp3) is 0.222. The van der Waals surface area contributed by atoms with Crippen LogP contribution >= 0.6 is 23.2 Å². The van der Waals surface area contributed by atoms with Gasteiger partial charge in [-0.25, -0.2) is 13.2 Å². The molecule has 1 N–H and O–H groups in total. The minimum Gasteiger partial charge on any atom is -0.465 e. The number of halogens is 2. The van der Waals surface area contributed by atoms with Crippen LogP contribution < -0.4 is 9.62 Å². The molecular formula is C18H18Cl2N2O5S. The number of anilines is 2. The second kappa shape index (κ2) is 8.81. The Balaban J connectivity index is 2.34. The first-order chi connectivity index (χ1) is 13.0. The zero-order valence-electron chi connectivity index (χ0n) is 15.3. The number of nitrogens with one attached hydrogen (secondary N) is 1. The van der Waals surface area contributed by atoms with Crippen LogP contribution in [0.25, 0.3) is 0 Å². The number of ether oxygens (including phenoxy) is 1. The van der Waals surface area contributed by atoms with Crippen molar-refractivity contribution < 1.29 is 22.7 Å². The van der Waals surface area contributed by atoms with Gasteiger partial charge in [-0.15, -0.1) is 0 Å². The molecule has 0 radical (unpaired) electrons. The van der Waals surface area contributed by atoms with E-state index in [0.29, 0.717) is 5.02 Å². The van der Waals surface area contributed by atoms with E-state index in [2.05, 4.69) is 10.1 Å². The van der Waals surface area contributed by atoms with Crippen molar-refractivity contribution in [1.29, 1.82) is 0 Å². The highest BCUT2D eigenvalue weighted by Gasteiger charge is 2.29. The summed E-state index contributed by atoms with van der Waals surface area (Å²) in [5, 5.41) is 3.17. The van der Waals surface area contributed by atoms with Crippen molar-refractivity contribution in [3.8, 4) is 0 Å². The molecule has 0 aliphatic heterocycles. The Hall–Kier alpha value is -2.29. The van der Waals surface area contributed by atoms with Crippen molar-refractivity contribution in [3.05, 3.63) is 58.1 Å². The molecule has 1 amide bonds. The van der Waals surface area contributed by atoms with Gasteiger partial charge in [-0.2, -0.15) is 0 Å². The second-order valence-electron chi connectivity index (χ2n) is 5.89. The molecule has 7 nitrogen and oxygen atoms in total. The lowest BCUT2D eigenvalue weighted by molar-refractivity contribution is -0.116. The maximum Gasteiger partial charge on any atom is 0.337 e. The average Bonchev–Trinajstić information content (AvgIpc) is 2.63. The van der Waals surface area contributed by atoms with Crippen molar-refractivity contribution in [2.75, 3.05) is 23.0 Å². The molecule has 0 saturated heterocycles. The Bertz CT molecular complexity index is 994. The number of carbonyl (C=O) groups excluding carboxylic acids is 2. The van der Waals surface area contributed by atoms with Gasteiger partial charge in [0, 0.05) is 5.02 Å². The molecule has 2 rings (SSSR count).